The van der Waals surface area contributed by atoms with Gasteiger partial charge >= 0.3 is 0 Å². The monoisotopic (exact) mass is 238 g/mol. The summed E-state index contributed by atoms with van der Waals surface area (Å²) in [4.78, 5) is 10.8. The summed E-state index contributed by atoms with van der Waals surface area (Å²) in [5.74, 6) is 0.00111. The minimum absolute atomic E-state index is 0.00111. The fourth-order valence-corrected chi connectivity index (χ4v) is 1.76. The van der Waals surface area contributed by atoms with Crippen molar-refractivity contribution >= 4 is 6.29 Å². The summed E-state index contributed by atoms with van der Waals surface area (Å²) in [6.45, 7) is 0.153. The molecule has 0 fully saturated rings. The van der Waals surface area contributed by atoms with Crippen LogP contribution in [0.4, 0.5) is 0 Å². The third-order valence-electron chi connectivity index (χ3n) is 2.63. The standard InChI is InChI=1S/C13H18O4/c14-5-1-3-10-7-11(4-2-6-15)13(17)12(8-10)9-16/h7-9,14-15,17H,1-6H2. The van der Waals surface area contributed by atoms with Gasteiger partial charge in [0.25, 0.3) is 0 Å². The lowest BCUT2D eigenvalue weighted by Crippen LogP contribution is -1.98. The average Bonchev–Trinajstić information content (AvgIpc) is 2.35. The number of hydrogen-bond donors (Lipinski definition) is 3. The van der Waals surface area contributed by atoms with Crippen molar-refractivity contribution in [2.45, 2.75) is 25.7 Å². The average molecular weight is 238 g/mol. The lowest BCUT2D eigenvalue weighted by Gasteiger charge is -2.09. The van der Waals surface area contributed by atoms with Crippen molar-refractivity contribution in [1.29, 1.82) is 0 Å². The van der Waals surface area contributed by atoms with Crippen molar-refractivity contribution in [3.05, 3.63) is 28.8 Å². The highest BCUT2D eigenvalue weighted by Gasteiger charge is 2.09. The van der Waals surface area contributed by atoms with Gasteiger partial charge in [-0.2, -0.15) is 0 Å². The Kier molecular flexibility index (Phi) is 5.66. The van der Waals surface area contributed by atoms with Gasteiger partial charge in [-0.3, -0.25) is 4.79 Å². The van der Waals surface area contributed by atoms with Gasteiger partial charge in [0, 0.05) is 13.2 Å². The van der Waals surface area contributed by atoms with E-state index in [0.29, 0.717) is 37.5 Å². The van der Waals surface area contributed by atoms with Crippen LogP contribution in [-0.4, -0.2) is 34.8 Å². The Balaban J connectivity index is 2.96. The topological polar surface area (TPSA) is 77.8 Å². The number of phenols is 1. The molecular weight excluding hydrogens is 220 g/mol. The highest BCUT2D eigenvalue weighted by atomic mass is 16.3. The molecule has 0 bridgehead atoms. The lowest BCUT2D eigenvalue weighted by molar-refractivity contribution is 0.112. The quantitative estimate of drug-likeness (QED) is 0.621. The zero-order valence-corrected chi connectivity index (χ0v) is 9.72. The summed E-state index contributed by atoms with van der Waals surface area (Å²) in [5.41, 5.74) is 1.87. The molecule has 3 N–H and O–H groups in total. The second-order valence-corrected chi connectivity index (χ2v) is 3.96. The van der Waals surface area contributed by atoms with Crippen molar-refractivity contribution in [3.63, 3.8) is 0 Å². The van der Waals surface area contributed by atoms with Crippen molar-refractivity contribution in [2.24, 2.45) is 0 Å². The zero-order chi connectivity index (χ0) is 12.7. The normalized spacial score (nSPS) is 10.5. The van der Waals surface area contributed by atoms with Crippen LogP contribution in [0.5, 0.6) is 5.75 Å². The SMILES string of the molecule is O=Cc1cc(CCCO)cc(CCCO)c1O. The first-order valence-corrected chi connectivity index (χ1v) is 5.74. The Labute approximate surface area is 101 Å². The van der Waals surface area contributed by atoms with Crippen molar-refractivity contribution in [1.82, 2.24) is 0 Å². The van der Waals surface area contributed by atoms with E-state index in [1.807, 2.05) is 6.07 Å². The van der Waals surface area contributed by atoms with Crippen LogP contribution < -0.4 is 0 Å². The second-order valence-electron chi connectivity index (χ2n) is 3.96. The maximum Gasteiger partial charge on any atom is 0.153 e. The van der Waals surface area contributed by atoms with Crippen LogP contribution in [0.1, 0.15) is 34.3 Å². The van der Waals surface area contributed by atoms with Crippen molar-refractivity contribution in [3.8, 4) is 5.75 Å². The van der Waals surface area contributed by atoms with E-state index >= 15 is 0 Å². The molecule has 94 valence electrons. The molecule has 0 saturated carbocycles. The summed E-state index contributed by atoms with van der Waals surface area (Å²) in [7, 11) is 0. The van der Waals surface area contributed by atoms with Gasteiger partial charge in [-0.15, -0.1) is 0 Å². The minimum Gasteiger partial charge on any atom is -0.507 e. The first-order chi connectivity index (χ1) is 8.22. The van der Waals surface area contributed by atoms with Gasteiger partial charge < -0.3 is 15.3 Å². The van der Waals surface area contributed by atoms with Crippen molar-refractivity contribution in [2.75, 3.05) is 13.2 Å². The number of aldehydes is 1. The van der Waals surface area contributed by atoms with Gasteiger partial charge in [-0.25, -0.2) is 0 Å². The highest BCUT2D eigenvalue weighted by molar-refractivity contribution is 5.80. The summed E-state index contributed by atoms with van der Waals surface area (Å²) in [5, 5.41) is 27.3. The number of carbonyl (C=O) groups excluding carboxylic acids is 1. The Morgan fingerprint density at radius 3 is 2.29 bits per heavy atom. The number of aliphatic hydroxyl groups excluding tert-OH is 2. The number of rotatable bonds is 7. The van der Waals surface area contributed by atoms with Crippen LogP contribution in [0.2, 0.25) is 0 Å². The maximum absolute atomic E-state index is 10.8. The molecule has 0 saturated heterocycles. The van der Waals surface area contributed by atoms with E-state index in [9.17, 15) is 9.90 Å². The Morgan fingerprint density at radius 1 is 1.06 bits per heavy atom. The molecule has 1 aromatic rings. The molecule has 0 spiro atoms. The molecule has 0 aliphatic heterocycles. The predicted octanol–water partition coefficient (Wildman–Crippen LogP) is 1.05. The summed E-state index contributed by atoms with van der Waals surface area (Å²) >= 11 is 0. The first kappa shape index (κ1) is 13.7. The molecule has 0 atom stereocenters. The number of phenolic OH excluding ortho intramolecular Hbond substituents is 1. The molecule has 0 unspecified atom stereocenters. The van der Waals surface area contributed by atoms with E-state index in [0.717, 1.165) is 5.56 Å². The Hall–Kier alpha value is -1.39. The molecule has 4 nitrogen and oxygen atoms in total. The maximum atomic E-state index is 10.8. The largest absolute Gasteiger partial charge is 0.507 e. The van der Waals surface area contributed by atoms with Crippen LogP contribution >= 0.6 is 0 Å². The molecule has 1 aromatic carbocycles. The molecule has 0 heterocycles. The zero-order valence-electron chi connectivity index (χ0n) is 9.72. The molecule has 0 radical (unpaired) electrons. The third kappa shape index (κ3) is 3.84. The Morgan fingerprint density at radius 2 is 1.71 bits per heavy atom. The van der Waals surface area contributed by atoms with Crippen LogP contribution in [0, 0.1) is 0 Å². The number of aromatic hydroxyl groups is 1. The fraction of sp³-hybridized carbons (Fsp3) is 0.462. The van der Waals surface area contributed by atoms with Gasteiger partial charge in [0.1, 0.15) is 5.75 Å². The van der Waals surface area contributed by atoms with Crippen LogP contribution in [0.3, 0.4) is 0 Å². The summed E-state index contributed by atoms with van der Waals surface area (Å²) in [6, 6.07) is 3.47. The molecule has 0 aromatic heterocycles. The number of aliphatic hydroxyl groups is 2. The minimum atomic E-state index is 0.00111. The molecule has 1 rings (SSSR count). The number of carbonyl (C=O) groups is 1. The first-order valence-electron chi connectivity index (χ1n) is 5.74. The summed E-state index contributed by atoms with van der Waals surface area (Å²) in [6.07, 6.45) is 3.01. The van der Waals surface area contributed by atoms with Crippen LogP contribution in [-0.2, 0) is 12.8 Å². The molecule has 0 aliphatic rings. The molecule has 17 heavy (non-hydrogen) atoms. The van der Waals surface area contributed by atoms with E-state index in [1.165, 1.54) is 0 Å². The molecule has 4 heteroatoms. The molecule has 0 aliphatic carbocycles. The van der Waals surface area contributed by atoms with E-state index in [4.69, 9.17) is 10.2 Å². The van der Waals surface area contributed by atoms with Crippen LogP contribution in [0.25, 0.3) is 0 Å². The number of benzene rings is 1. The molecule has 0 amide bonds. The summed E-state index contributed by atoms with van der Waals surface area (Å²) < 4.78 is 0. The number of hydrogen-bond acceptors (Lipinski definition) is 4. The lowest BCUT2D eigenvalue weighted by atomic mass is 9.99. The van der Waals surface area contributed by atoms with E-state index in [1.54, 1.807) is 6.07 Å². The fourth-order valence-electron chi connectivity index (χ4n) is 1.76. The van der Waals surface area contributed by atoms with Crippen LogP contribution in [0.15, 0.2) is 12.1 Å². The second kappa shape index (κ2) is 7.04. The van der Waals surface area contributed by atoms with Crippen molar-refractivity contribution < 1.29 is 20.1 Å². The third-order valence-corrected chi connectivity index (χ3v) is 2.63. The van der Waals surface area contributed by atoms with Gasteiger partial charge in [0.05, 0.1) is 5.56 Å². The smallest absolute Gasteiger partial charge is 0.153 e. The van der Waals surface area contributed by atoms with Gasteiger partial charge in [0.2, 0.25) is 0 Å². The van der Waals surface area contributed by atoms with E-state index in [2.05, 4.69) is 0 Å². The predicted molar refractivity (Wildman–Crippen MR) is 64.3 cm³/mol. The highest BCUT2D eigenvalue weighted by Crippen LogP contribution is 2.25. The van der Waals surface area contributed by atoms with E-state index in [-0.39, 0.29) is 24.5 Å². The van der Waals surface area contributed by atoms with Gasteiger partial charge in [0.15, 0.2) is 6.29 Å². The number of aryl methyl sites for hydroxylation is 2. The molecular formula is C13H18O4. The van der Waals surface area contributed by atoms with E-state index < -0.39 is 0 Å². The Bertz CT molecular complexity index is 374. The van der Waals surface area contributed by atoms with Gasteiger partial charge in [-0.05, 0) is 42.9 Å². The van der Waals surface area contributed by atoms with Gasteiger partial charge in [-0.1, -0.05) is 6.07 Å².